The summed E-state index contributed by atoms with van der Waals surface area (Å²) in [7, 11) is 0. The number of hydrogen-bond donors (Lipinski definition) is 0. The van der Waals surface area contributed by atoms with Crippen LogP contribution in [0.4, 0.5) is 0 Å². The third-order valence-electron chi connectivity index (χ3n) is 1.12. The molecular weight excluding hydrogens is 188 g/mol. The molecule has 0 aliphatic carbocycles. The molecule has 0 aromatic heterocycles. The van der Waals surface area contributed by atoms with Crippen LogP contribution in [0.15, 0.2) is 0 Å². The predicted octanol–water partition coefficient (Wildman–Crippen LogP) is -0.103. The van der Waals surface area contributed by atoms with E-state index in [9.17, 15) is 9.59 Å². The lowest BCUT2D eigenvalue weighted by Crippen LogP contribution is -2.32. The van der Waals surface area contributed by atoms with Crippen LogP contribution in [0.2, 0.25) is 0 Å². The number of hydrogen-bond acceptors (Lipinski definition) is 6. The monoisotopic (exact) mass is 196 g/mol. The Bertz CT molecular complexity index is 280. The number of rotatable bonds is 3. The molecule has 0 bridgehead atoms. The van der Waals surface area contributed by atoms with Crippen molar-refractivity contribution >= 4 is 11.9 Å². The highest BCUT2D eigenvalue weighted by Gasteiger charge is 2.26. The summed E-state index contributed by atoms with van der Waals surface area (Å²) >= 11 is 0. The van der Waals surface area contributed by atoms with Crippen molar-refractivity contribution in [3.8, 4) is 12.1 Å². The van der Waals surface area contributed by atoms with Crippen LogP contribution in [-0.2, 0) is 19.1 Å². The van der Waals surface area contributed by atoms with Crippen molar-refractivity contribution in [1.29, 1.82) is 10.5 Å². The Labute approximate surface area is 80.6 Å². The molecule has 0 heterocycles. The summed E-state index contributed by atoms with van der Waals surface area (Å²) in [6, 6.07) is 3.09. The summed E-state index contributed by atoms with van der Waals surface area (Å²) in [5.74, 6) is -1.44. The topological polar surface area (TPSA) is 100 Å². The van der Waals surface area contributed by atoms with E-state index in [1.807, 2.05) is 0 Å². The van der Waals surface area contributed by atoms with Crippen molar-refractivity contribution in [3.63, 3.8) is 0 Å². The predicted molar refractivity (Wildman–Crippen MR) is 42.3 cm³/mol. The molecule has 0 unspecified atom stereocenters. The van der Waals surface area contributed by atoms with E-state index in [-0.39, 0.29) is 0 Å². The van der Waals surface area contributed by atoms with Gasteiger partial charge in [-0.15, -0.1) is 0 Å². The zero-order valence-electron chi connectivity index (χ0n) is 7.68. The fraction of sp³-hybridized carbons (Fsp3) is 0.500. The fourth-order valence-electron chi connectivity index (χ4n) is 0.669. The largest absolute Gasteiger partial charge is 0.442 e. The van der Waals surface area contributed by atoms with Crippen LogP contribution < -0.4 is 0 Å². The van der Waals surface area contributed by atoms with Crippen LogP contribution in [0, 0.1) is 22.7 Å². The van der Waals surface area contributed by atoms with Gasteiger partial charge in [0.2, 0.25) is 12.2 Å². The molecule has 6 nitrogen and oxygen atoms in total. The van der Waals surface area contributed by atoms with Crippen LogP contribution >= 0.6 is 0 Å². The van der Waals surface area contributed by atoms with Gasteiger partial charge >= 0.3 is 11.9 Å². The van der Waals surface area contributed by atoms with E-state index in [2.05, 4.69) is 9.47 Å². The lowest BCUT2D eigenvalue weighted by Gasteiger charge is -2.14. The van der Waals surface area contributed by atoms with Gasteiger partial charge in [0.1, 0.15) is 12.1 Å². The van der Waals surface area contributed by atoms with Gasteiger partial charge in [0.15, 0.2) is 0 Å². The van der Waals surface area contributed by atoms with Crippen molar-refractivity contribution in [2.45, 2.75) is 26.1 Å². The van der Waals surface area contributed by atoms with E-state index in [1.54, 1.807) is 12.1 Å². The highest BCUT2D eigenvalue weighted by atomic mass is 16.6. The van der Waals surface area contributed by atoms with E-state index in [4.69, 9.17) is 10.5 Å². The molecule has 0 fully saturated rings. The van der Waals surface area contributed by atoms with Gasteiger partial charge in [0, 0.05) is 13.8 Å². The number of carbonyl (C=O) groups excluding carboxylic acids is 2. The first kappa shape index (κ1) is 11.9. The molecule has 0 aliphatic heterocycles. The summed E-state index contributed by atoms with van der Waals surface area (Å²) in [5.41, 5.74) is 0. The highest BCUT2D eigenvalue weighted by Crippen LogP contribution is 2.03. The molecule has 0 amide bonds. The van der Waals surface area contributed by atoms with Gasteiger partial charge in [0.05, 0.1) is 0 Å². The van der Waals surface area contributed by atoms with Gasteiger partial charge in [-0.3, -0.25) is 9.59 Å². The maximum absolute atomic E-state index is 10.5. The molecule has 0 spiro atoms. The van der Waals surface area contributed by atoms with Crippen molar-refractivity contribution in [1.82, 2.24) is 0 Å². The SMILES string of the molecule is CC(=O)O[C@@H](C#N)[C@@H](C#N)OC(C)=O. The molecule has 2 atom stereocenters. The molecule has 14 heavy (non-hydrogen) atoms. The number of nitriles is 2. The van der Waals surface area contributed by atoms with E-state index in [1.165, 1.54) is 0 Å². The maximum Gasteiger partial charge on any atom is 0.304 e. The summed E-state index contributed by atoms with van der Waals surface area (Å²) in [4.78, 5) is 21.0. The first-order chi connectivity index (χ1) is 6.51. The third-order valence-corrected chi connectivity index (χ3v) is 1.12. The lowest BCUT2D eigenvalue weighted by atomic mass is 10.2. The minimum atomic E-state index is -1.39. The summed E-state index contributed by atoms with van der Waals surface area (Å²) in [6.07, 6.45) is -2.78. The molecule has 6 heteroatoms. The summed E-state index contributed by atoms with van der Waals surface area (Å²) in [6.45, 7) is 2.18. The average Bonchev–Trinajstić information content (AvgIpc) is 2.10. The molecule has 74 valence electrons. The normalized spacial score (nSPS) is 12.9. The smallest absolute Gasteiger partial charge is 0.304 e. The first-order valence-electron chi connectivity index (χ1n) is 3.65. The van der Waals surface area contributed by atoms with Crippen molar-refractivity contribution < 1.29 is 19.1 Å². The van der Waals surface area contributed by atoms with Gasteiger partial charge < -0.3 is 9.47 Å². The van der Waals surface area contributed by atoms with Gasteiger partial charge in [-0.05, 0) is 0 Å². The molecular formula is C8H8N2O4. The Morgan fingerprint density at radius 3 is 1.43 bits per heavy atom. The van der Waals surface area contributed by atoms with Crippen LogP contribution in [0.1, 0.15) is 13.8 Å². The molecule has 0 rings (SSSR count). The maximum atomic E-state index is 10.5. The molecule has 0 saturated carbocycles. The standard InChI is InChI=1S/C8H8N2O4/c1-5(11)13-7(3-9)8(4-10)14-6(2)12/h7-8H,1-2H3/t7-,8+. The zero-order chi connectivity index (χ0) is 11.1. The van der Waals surface area contributed by atoms with Gasteiger partial charge in [-0.25, -0.2) is 0 Å². The van der Waals surface area contributed by atoms with Crippen molar-refractivity contribution in [2.24, 2.45) is 0 Å². The number of esters is 2. The van der Waals surface area contributed by atoms with E-state index < -0.39 is 24.1 Å². The second-order valence-electron chi connectivity index (χ2n) is 2.32. The number of nitrogens with zero attached hydrogens (tertiary/aromatic N) is 2. The van der Waals surface area contributed by atoms with Gasteiger partial charge in [0.25, 0.3) is 0 Å². The summed E-state index contributed by atoms with van der Waals surface area (Å²) in [5, 5.41) is 17.0. The Balaban J connectivity index is 4.48. The Morgan fingerprint density at radius 2 is 1.29 bits per heavy atom. The average molecular weight is 196 g/mol. The van der Waals surface area contributed by atoms with Crippen LogP contribution in [0.5, 0.6) is 0 Å². The highest BCUT2D eigenvalue weighted by molar-refractivity contribution is 5.68. The minimum Gasteiger partial charge on any atom is -0.442 e. The molecule has 0 saturated heterocycles. The van der Waals surface area contributed by atoms with E-state index in [0.29, 0.717) is 0 Å². The number of ether oxygens (including phenoxy) is 2. The molecule has 0 aromatic rings. The van der Waals surface area contributed by atoms with Gasteiger partial charge in [-0.2, -0.15) is 10.5 Å². The Kier molecular flexibility index (Phi) is 4.72. The minimum absolute atomic E-state index is 0.719. The van der Waals surface area contributed by atoms with Gasteiger partial charge in [-0.1, -0.05) is 0 Å². The van der Waals surface area contributed by atoms with Crippen molar-refractivity contribution in [3.05, 3.63) is 0 Å². The second kappa shape index (κ2) is 5.55. The second-order valence-corrected chi connectivity index (χ2v) is 2.32. The van der Waals surface area contributed by atoms with Crippen LogP contribution in [-0.4, -0.2) is 24.1 Å². The molecule has 0 aliphatic rings. The lowest BCUT2D eigenvalue weighted by molar-refractivity contribution is -0.157. The first-order valence-corrected chi connectivity index (χ1v) is 3.65. The Morgan fingerprint density at radius 1 is 1.00 bits per heavy atom. The third kappa shape index (κ3) is 4.07. The van der Waals surface area contributed by atoms with Crippen molar-refractivity contribution in [2.75, 3.05) is 0 Å². The quantitative estimate of drug-likeness (QED) is 0.584. The zero-order valence-corrected chi connectivity index (χ0v) is 7.68. The van der Waals surface area contributed by atoms with E-state index in [0.717, 1.165) is 13.8 Å². The van der Waals surface area contributed by atoms with Crippen LogP contribution in [0.3, 0.4) is 0 Å². The summed E-state index contributed by atoms with van der Waals surface area (Å²) < 4.78 is 8.91. The van der Waals surface area contributed by atoms with Crippen LogP contribution in [0.25, 0.3) is 0 Å². The fourth-order valence-corrected chi connectivity index (χ4v) is 0.669. The number of carbonyl (C=O) groups is 2. The van der Waals surface area contributed by atoms with E-state index >= 15 is 0 Å². The Hall–Kier alpha value is -2.08. The molecule has 0 radical (unpaired) electrons. The molecule has 0 N–H and O–H groups in total. The molecule has 0 aromatic carbocycles.